The molecule has 116 valence electrons. The number of halogens is 2. The Morgan fingerprint density at radius 2 is 1.90 bits per heavy atom. The van der Waals surface area contributed by atoms with Gasteiger partial charge in [-0.3, -0.25) is 9.58 Å². The van der Waals surface area contributed by atoms with Crippen LogP contribution in [0.1, 0.15) is 17.0 Å². The third kappa shape index (κ3) is 4.81. The fourth-order valence-electron chi connectivity index (χ4n) is 2.30. The molecule has 21 heavy (non-hydrogen) atoms. The molecule has 0 atom stereocenters. The summed E-state index contributed by atoms with van der Waals surface area (Å²) in [7, 11) is 1.98. The molecule has 0 unspecified atom stereocenters. The highest BCUT2D eigenvalue weighted by Crippen LogP contribution is 2.22. The van der Waals surface area contributed by atoms with Gasteiger partial charge in [-0.2, -0.15) is 5.10 Å². The lowest BCUT2D eigenvalue weighted by atomic mass is 10.2. The van der Waals surface area contributed by atoms with Crippen LogP contribution in [0.25, 0.3) is 0 Å². The van der Waals surface area contributed by atoms with Crippen LogP contribution < -0.4 is 5.73 Å². The first-order valence-electron chi connectivity index (χ1n) is 6.76. The molecule has 0 aliphatic rings. The van der Waals surface area contributed by atoms with E-state index in [2.05, 4.69) is 50.2 Å². The van der Waals surface area contributed by atoms with E-state index >= 15 is 0 Å². The van der Waals surface area contributed by atoms with Gasteiger partial charge in [-0.25, -0.2) is 0 Å². The lowest BCUT2D eigenvalue weighted by molar-refractivity contribution is 0.257. The molecule has 4 nitrogen and oxygen atoms in total. The number of benzene rings is 1. The molecule has 0 bridgehead atoms. The van der Waals surface area contributed by atoms with Crippen molar-refractivity contribution in [3.63, 3.8) is 0 Å². The Morgan fingerprint density at radius 3 is 2.43 bits per heavy atom. The number of rotatable bonds is 6. The minimum atomic E-state index is 0. The first kappa shape index (κ1) is 18.2. The van der Waals surface area contributed by atoms with Crippen molar-refractivity contribution in [1.82, 2.24) is 14.7 Å². The van der Waals surface area contributed by atoms with E-state index in [-0.39, 0.29) is 12.4 Å². The highest BCUT2D eigenvalue weighted by molar-refractivity contribution is 9.10. The van der Waals surface area contributed by atoms with Gasteiger partial charge in [0, 0.05) is 33.2 Å². The Labute approximate surface area is 140 Å². The maximum atomic E-state index is 5.74. The Hall–Kier alpha value is -0.880. The SMILES string of the molecule is Cc1nn(C)c(CN(CCN)Cc2ccccc2)c1Br.Cl. The molecule has 0 amide bonds. The molecular formula is C15H22BrClN4. The number of nitrogens with zero attached hydrogens (tertiary/aromatic N) is 3. The van der Waals surface area contributed by atoms with Crippen LogP contribution in [0.4, 0.5) is 0 Å². The van der Waals surface area contributed by atoms with Crippen molar-refractivity contribution in [3.05, 3.63) is 51.8 Å². The van der Waals surface area contributed by atoms with Gasteiger partial charge >= 0.3 is 0 Å². The van der Waals surface area contributed by atoms with Crippen LogP contribution >= 0.6 is 28.3 Å². The van der Waals surface area contributed by atoms with Crippen LogP contribution in [-0.4, -0.2) is 27.8 Å². The van der Waals surface area contributed by atoms with E-state index in [0.717, 1.165) is 29.8 Å². The summed E-state index contributed by atoms with van der Waals surface area (Å²) in [6, 6.07) is 10.5. The summed E-state index contributed by atoms with van der Waals surface area (Å²) >= 11 is 3.62. The largest absolute Gasteiger partial charge is 0.329 e. The van der Waals surface area contributed by atoms with Crippen molar-refractivity contribution in [2.75, 3.05) is 13.1 Å². The van der Waals surface area contributed by atoms with E-state index in [1.165, 1.54) is 11.3 Å². The van der Waals surface area contributed by atoms with Crippen LogP contribution in [-0.2, 0) is 20.1 Å². The number of aryl methyl sites for hydroxylation is 2. The summed E-state index contributed by atoms with van der Waals surface area (Å²) in [5.74, 6) is 0. The molecule has 6 heteroatoms. The summed E-state index contributed by atoms with van der Waals surface area (Å²) in [5.41, 5.74) is 9.25. The highest BCUT2D eigenvalue weighted by atomic mass is 79.9. The van der Waals surface area contributed by atoms with Crippen molar-refractivity contribution in [2.45, 2.75) is 20.0 Å². The normalized spacial score (nSPS) is 10.7. The molecule has 0 spiro atoms. The number of aromatic nitrogens is 2. The predicted octanol–water partition coefficient (Wildman–Crippen LogP) is 2.87. The van der Waals surface area contributed by atoms with Crippen LogP contribution in [0, 0.1) is 6.92 Å². The Bertz CT molecular complexity index is 556. The summed E-state index contributed by atoms with van der Waals surface area (Å²) in [6.45, 7) is 5.27. The van der Waals surface area contributed by atoms with Gasteiger partial charge in [0.2, 0.25) is 0 Å². The van der Waals surface area contributed by atoms with Gasteiger partial charge in [-0.1, -0.05) is 30.3 Å². The molecular weight excluding hydrogens is 352 g/mol. The molecule has 1 aromatic carbocycles. The summed E-state index contributed by atoms with van der Waals surface area (Å²) in [6.07, 6.45) is 0. The Kier molecular flexibility index (Phi) is 7.39. The Balaban J connectivity index is 0.00000220. The second-order valence-electron chi connectivity index (χ2n) is 4.95. The summed E-state index contributed by atoms with van der Waals surface area (Å²) in [4.78, 5) is 2.34. The zero-order valence-corrected chi connectivity index (χ0v) is 14.8. The second kappa shape index (κ2) is 8.54. The van der Waals surface area contributed by atoms with Crippen LogP contribution in [0.3, 0.4) is 0 Å². The molecule has 0 saturated carbocycles. The average Bonchev–Trinajstić information content (AvgIpc) is 2.67. The van der Waals surface area contributed by atoms with Crippen LogP contribution in [0.5, 0.6) is 0 Å². The molecule has 2 N–H and O–H groups in total. The topological polar surface area (TPSA) is 47.1 Å². The molecule has 0 radical (unpaired) electrons. The standard InChI is InChI=1S/C15H21BrN4.ClH/c1-12-15(16)14(19(2)18-12)11-20(9-8-17)10-13-6-4-3-5-7-13;/h3-7H,8-11,17H2,1-2H3;1H. The monoisotopic (exact) mass is 372 g/mol. The van der Waals surface area contributed by atoms with Crippen LogP contribution in [0.15, 0.2) is 34.8 Å². The van der Waals surface area contributed by atoms with E-state index < -0.39 is 0 Å². The second-order valence-corrected chi connectivity index (χ2v) is 5.75. The minimum absolute atomic E-state index is 0. The van der Waals surface area contributed by atoms with Crippen molar-refractivity contribution in [1.29, 1.82) is 0 Å². The van der Waals surface area contributed by atoms with Crippen molar-refractivity contribution in [2.24, 2.45) is 12.8 Å². The quantitative estimate of drug-likeness (QED) is 0.847. The third-order valence-electron chi connectivity index (χ3n) is 3.33. The zero-order chi connectivity index (χ0) is 14.5. The predicted molar refractivity (Wildman–Crippen MR) is 92.5 cm³/mol. The van der Waals surface area contributed by atoms with Crippen molar-refractivity contribution < 1.29 is 0 Å². The minimum Gasteiger partial charge on any atom is -0.329 e. The molecule has 2 aromatic rings. The summed E-state index contributed by atoms with van der Waals surface area (Å²) in [5, 5.41) is 4.44. The molecule has 1 heterocycles. The van der Waals surface area contributed by atoms with E-state index in [9.17, 15) is 0 Å². The van der Waals surface area contributed by atoms with Crippen molar-refractivity contribution >= 4 is 28.3 Å². The first-order valence-corrected chi connectivity index (χ1v) is 7.55. The molecule has 2 rings (SSSR count). The lowest BCUT2D eigenvalue weighted by Gasteiger charge is -2.22. The highest BCUT2D eigenvalue weighted by Gasteiger charge is 2.14. The van der Waals surface area contributed by atoms with Crippen LogP contribution in [0.2, 0.25) is 0 Å². The molecule has 0 aliphatic carbocycles. The van der Waals surface area contributed by atoms with Gasteiger partial charge in [-0.15, -0.1) is 12.4 Å². The lowest BCUT2D eigenvalue weighted by Crippen LogP contribution is -2.29. The third-order valence-corrected chi connectivity index (χ3v) is 4.36. The maximum Gasteiger partial charge on any atom is 0.0739 e. The van der Waals surface area contributed by atoms with Gasteiger partial charge in [0.05, 0.1) is 15.9 Å². The Morgan fingerprint density at radius 1 is 1.24 bits per heavy atom. The fraction of sp³-hybridized carbons (Fsp3) is 0.400. The van der Waals surface area contributed by atoms with Gasteiger partial charge in [0.25, 0.3) is 0 Å². The molecule has 0 saturated heterocycles. The average molecular weight is 374 g/mol. The zero-order valence-electron chi connectivity index (χ0n) is 12.4. The smallest absolute Gasteiger partial charge is 0.0739 e. The van der Waals surface area contributed by atoms with E-state index in [4.69, 9.17) is 5.73 Å². The van der Waals surface area contributed by atoms with E-state index in [1.54, 1.807) is 0 Å². The number of hydrogen-bond acceptors (Lipinski definition) is 3. The van der Waals surface area contributed by atoms with Gasteiger partial charge in [0.1, 0.15) is 0 Å². The molecule has 0 fully saturated rings. The molecule has 1 aromatic heterocycles. The van der Waals surface area contributed by atoms with Gasteiger partial charge in [0.15, 0.2) is 0 Å². The first-order chi connectivity index (χ1) is 9.61. The van der Waals surface area contributed by atoms with Gasteiger partial charge < -0.3 is 5.73 Å². The molecule has 0 aliphatic heterocycles. The number of hydrogen-bond donors (Lipinski definition) is 1. The van der Waals surface area contributed by atoms with E-state index in [1.807, 2.05) is 24.7 Å². The maximum absolute atomic E-state index is 5.74. The number of nitrogens with two attached hydrogens (primary N) is 1. The van der Waals surface area contributed by atoms with Crippen molar-refractivity contribution in [3.8, 4) is 0 Å². The summed E-state index contributed by atoms with van der Waals surface area (Å²) < 4.78 is 3.03. The fourth-order valence-corrected chi connectivity index (χ4v) is 2.76. The van der Waals surface area contributed by atoms with E-state index in [0.29, 0.717) is 6.54 Å². The van der Waals surface area contributed by atoms with Gasteiger partial charge in [-0.05, 0) is 28.4 Å².